The number of piperazine rings is 1. The Morgan fingerprint density at radius 1 is 1.00 bits per heavy atom. The number of hydrogen-bond acceptors (Lipinski definition) is 2. The molecule has 2 fully saturated rings. The highest BCUT2D eigenvalue weighted by Crippen LogP contribution is 2.44. The molecule has 1 heterocycles. The zero-order valence-corrected chi connectivity index (χ0v) is 14.6. The van der Waals surface area contributed by atoms with Gasteiger partial charge >= 0.3 is 6.03 Å². The lowest BCUT2D eigenvalue weighted by Crippen LogP contribution is -2.55. The van der Waals surface area contributed by atoms with E-state index in [-0.39, 0.29) is 11.4 Å². The molecule has 0 bridgehead atoms. The van der Waals surface area contributed by atoms with Gasteiger partial charge in [-0.15, -0.1) is 0 Å². The Hall–Kier alpha value is -1.26. The molecule has 5 heteroatoms. The van der Waals surface area contributed by atoms with E-state index >= 15 is 0 Å². The third kappa shape index (κ3) is 3.55. The first-order valence-corrected chi connectivity index (χ1v) is 8.61. The van der Waals surface area contributed by atoms with Crippen LogP contribution in [-0.4, -0.2) is 66.9 Å². The smallest absolute Gasteiger partial charge is 0.319 e. The highest BCUT2D eigenvalue weighted by Gasteiger charge is 2.44. The summed E-state index contributed by atoms with van der Waals surface area (Å²) in [6, 6.07) is 0.0462. The summed E-state index contributed by atoms with van der Waals surface area (Å²) in [7, 11) is 3.55. The molecule has 0 unspecified atom stereocenters. The normalized spacial score (nSPS) is 21.3. The Labute approximate surface area is 134 Å². The molecule has 126 valence electrons. The number of hydrogen-bond donors (Lipinski definition) is 0. The molecule has 0 N–H and O–H groups in total. The van der Waals surface area contributed by atoms with Gasteiger partial charge in [0.1, 0.15) is 0 Å². The van der Waals surface area contributed by atoms with Gasteiger partial charge < -0.3 is 14.7 Å². The lowest BCUT2D eigenvalue weighted by Gasteiger charge is -2.41. The van der Waals surface area contributed by atoms with E-state index in [1.165, 1.54) is 12.8 Å². The molecule has 1 aliphatic carbocycles. The summed E-state index contributed by atoms with van der Waals surface area (Å²) in [6.45, 7) is 7.08. The average molecular weight is 309 g/mol. The molecule has 1 saturated heterocycles. The molecule has 22 heavy (non-hydrogen) atoms. The molecule has 0 spiro atoms. The van der Waals surface area contributed by atoms with Gasteiger partial charge in [0.05, 0.1) is 0 Å². The number of carbonyl (C=O) groups is 2. The largest absolute Gasteiger partial charge is 0.339 e. The van der Waals surface area contributed by atoms with Crippen molar-refractivity contribution in [2.75, 3.05) is 40.3 Å². The van der Waals surface area contributed by atoms with E-state index in [9.17, 15) is 9.59 Å². The molecule has 0 aromatic rings. The van der Waals surface area contributed by atoms with Crippen LogP contribution in [0.25, 0.3) is 0 Å². The monoisotopic (exact) mass is 309 g/mol. The molecule has 0 atom stereocenters. The van der Waals surface area contributed by atoms with Gasteiger partial charge in [0, 0.05) is 45.7 Å². The maximum absolute atomic E-state index is 13.1. The lowest BCUT2D eigenvalue weighted by molar-refractivity contribution is -0.144. The van der Waals surface area contributed by atoms with Crippen molar-refractivity contribution in [2.24, 2.45) is 11.3 Å². The molecule has 2 aliphatic rings. The fourth-order valence-electron chi connectivity index (χ4n) is 4.06. The van der Waals surface area contributed by atoms with Crippen LogP contribution in [0.5, 0.6) is 0 Å². The standard InChI is InChI=1S/C17H31N3O2/c1-14(2)13-17(7-5-6-8-17)15(21)19-9-11-20(12-10-19)16(22)18(3)4/h14H,5-13H2,1-4H3. The van der Waals surface area contributed by atoms with E-state index < -0.39 is 0 Å². The Kier molecular flexibility index (Phi) is 5.35. The lowest BCUT2D eigenvalue weighted by atomic mass is 9.77. The topological polar surface area (TPSA) is 43.9 Å². The number of rotatable bonds is 3. The van der Waals surface area contributed by atoms with Crippen molar-refractivity contribution >= 4 is 11.9 Å². The molecule has 5 nitrogen and oxygen atoms in total. The van der Waals surface area contributed by atoms with Crippen LogP contribution < -0.4 is 0 Å². The van der Waals surface area contributed by atoms with Gasteiger partial charge in [0.25, 0.3) is 0 Å². The third-order valence-electron chi connectivity index (χ3n) is 5.03. The Balaban J connectivity index is 1.97. The van der Waals surface area contributed by atoms with Crippen LogP contribution in [0.2, 0.25) is 0 Å². The first-order valence-electron chi connectivity index (χ1n) is 8.61. The van der Waals surface area contributed by atoms with Gasteiger partial charge in [0.2, 0.25) is 5.91 Å². The fourth-order valence-corrected chi connectivity index (χ4v) is 4.06. The van der Waals surface area contributed by atoms with Crippen molar-refractivity contribution in [1.82, 2.24) is 14.7 Å². The first-order chi connectivity index (χ1) is 10.4. The van der Waals surface area contributed by atoms with Crippen LogP contribution >= 0.6 is 0 Å². The Morgan fingerprint density at radius 2 is 1.50 bits per heavy atom. The van der Waals surface area contributed by atoms with E-state index in [1.54, 1.807) is 19.0 Å². The summed E-state index contributed by atoms with van der Waals surface area (Å²) in [4.78, 5) is 30.5. The highest BCUT2D eigenvalue weighted by molar-refractivity contribution is 5.83. The van der Waals surface area contributed by atoms with Crippen molar-refractivity contribution in [3.63, 3.8) is 0 Å². The van der Waals surface area contributed by atoms with Gasteiger partial charge in [-0.2, -0.15) is 0 Å². The van der Waals surface area contributed by atoms with Crippen LogP contribution in [0.3, 0.4) is 0 Å². The second-order valence-corrected chi connectivity index (χ2v) is 7.54. The van der Waals surface area contributed by atoms with E-state index in [0.29, 0.717) is 38.0 Å². The zero-order valence-electron chi connectivity index (χ0n) is 14.6. The van der Waals surface area contributed by atoms with Gasteiger partial charge in [0.15, 0.2) is 0 Å². The summed E-state index contributed by atoms with van der Waals surface area (Å²) in [5, 5.41) is 0. The SMILES string of the molecule is CC(C)CC1(C(=O)N2CCN(C(=O)N(C)C)CC2)CCCC1. The molecular formula is C17H31N3O2. The third-order valence-corrected chi connectivity index (χ3v) is 5.03. The van der Waals surface area contributed by atoms with Crippen LogP contribution in [-0.2, 0) is 4.79 Å². The molecule has 0 aromatic carbocycles. The Morgan fingerprint density at radius 3 is 1.95 bits per heavy atom. The maximum atomic E-state index is 13.1. The van der Waals surface area contributed by atoms with Crippen molar-refractivity contribution in [3.05, 3.63) is 0 Å². The molecule has 0 aromatic heterocycles. The van der Waals surface area contributed by atoms with E-state index in [2.05, 4.69) is 13.8 Å². The van der Waals surface area contributed by atoms with Gasteiger partial charge in [-0.25, -0.2) is 4.79 Å². The van der Waals surface area contributed by atoms with Gasteiger partial charge in [-0.1, -0.05) is 26.7 Å². The first kappa shape index (κ1) is 17.1. The van der Waals surface area contributed by atoms with Crippen molar-refractivity contribution in [2.45, 2.75) is 46.0 Å². The second kappa shape index (κ2) is 6.88. The predicted octanol–water partition coefficient (Wildman–Crippen LogP) is 2.42. The minimum absolute atomic E-state index is 0.0462. The Bertz CT molecular complexity index is 406. The average Bonchev–Trinajstić information content (AvgIpc) is 2.94. The molecule has 1 saturated carbocycles. The summed E-state index contributed by atoms with van der Waals surface area (Å²) >= 11 is 0. The summed E-state index contributed by atoms with van der Waals surface area (Å²) in [5.74, 6) is 0.898. The number of urea groups is 1. The maximum Gasteiger partial charge on any atom is 0.319 e. The molecule has 0 radical (unpaired) electrons. The molecule has 3 amide bonds. The van der Waals surface area contributed by atoms with E-state index in [1.807, 2.05) is 9.80 Å². The van der Waals surface area contributed by atoms with Crippen LogP contribution in [0, 0.1) is 11.3 Å². The minimum Gasteiger partial charge on any atom is -0.339 e. The quantitative estimate of drug-likeness (QED) is 0.803. The minimum atomic E-state index is -0.123. The van der Waals surface area contributed by atoms with E-state index in [0.717, 1.165) is 19.3 Å². The fraction of sp³-hybridized carbons (Fsp3) is 0.882. The summed E-state index contributed by atoms with van der Waals surface area (Å²) in [6.07, 6.45) is 5.44. The van der Waals surface area contributed by atoms with Crippen molar-refractivity contribution in [3.8, 4) is 0 Å². The molecule has 2 rings (SSSR count). The number of carbonyl (C=O) groups excluding carboxylic acids is 2. The van der Waals surface area contributed by atoms with Crippen LogP contribution in [0.15, 0.2) is 0 Å². The van der Waals surface area contributed by atoms with Gasteiger partial charge in [-0.3, -0.25) is 4.79 Å². The summed E-state index contributed by atoms with van der Waals surface area (Å²) in [5.41, 5.74) is -0.123. The summed E-state index contributed by atoms with van der Waals surface area (Å²) < 4.78 is 0. The molecular weight excluding hydrogens is 278 g/mol. The van der Waals surface area contributed by atoms with Crippen molar-refractivity contribution < 1.29 is 9.59 Å². The highest BCUT2D eigenvalue weighted by atomic mass is 16.2. The predicted molar refractivity (Wildman–Crippen MR) is 87.6 cm³/mol. The second-order valence-electron chi connectivity index (χ2n) is 7.54. The van der Waals surface area contributed by atoms with Crippen LogP contribution in [0.1, 0.15) is 46.0 Å². The van der Waals surface area contributed by atoms with Crippen molar-refractivity contribution in [1.29, 1.82) is 0 Å². The number of nitrogens with zero attached hydrogens (tertiary/aromatic N) is 3. The molecule has 1 aliphatic heterocycles. The zero-order chi connectivity index (χ0) is 16.3. The number of amides is 3. The van der Waals surface area contributed by atoms with Gasteiger partial charge in [-0.05, 0) is 25.2 Å². The van der Waals surface area contributed by atoms with E-state index in [4.69, 9.17) is 0 Å². The van der Waals surface area contributed by atoms with Crippen LogP contribution in [0.4, 0.5) is 4.79 Å².